The fourth-order valence-electron chi connectivity index (χ4n) is 6.38. The van der Waals surface area contributed by atoms with E-state index in [0.717, 1.165) is 33.3 Å². The number of aryl methyl sites for hydroxylation is 3. The molecule has 2 heterocycles. The standard InChI is InChI=1S/C36H45N5O6S/c1-9-26-21-40(48(45,46)30-14-12-11-13-29(30)47-26)20-25-19-24(16-15-22(25)3)31(35(5,6)33(42)37-36(7,8)34(43)44)27-17-18-28-32(23(27)4)38-39-41(28)10-2/h11-19,26,31H,9-10,20-21H2,1-8H3,(H,37,42)(H,43,44)/t26-,31?/m1/s1. The molecule has 48 heavy (non-hydrogen) atoms. The van der Waals surface area contributed by atoms with Crippen molar-refractivity contribution in [3.8, 4) is 5.75 Å². The van der Waals surface area contributed by atoms with Crippen molar-refractivity contribution in [2.75, 3.05) is 6.54 Å². The smallest absolute Gasteiger partial charge is 0.328 e. The minimum atomic E-state index is -3.89. The van der Waals surface area contributed by atoms with Crippen LogP contribution in [0.4, 0.5) is 0 Å². The number of carboxylic acids is 1. The Labute approximate surface area is 282 Å². The first-order chi connectivity index (χ1) is 22.5. The Kier molecular flexibility index (Phi) is 9.46. The maximum atomic E-state index is 14.1. The van der Waals surface area contributed by atoms with Crippen molar-refractivity contribution < 1.29 is 27.9 Å². The van der Waals surface area contributed by atoms with Crippen LogP contribution in [0, 0.1) is 19.3 Å². The Morgan fingerprint density at radius 1 is 1.06 bits per heavy atom. The molecule has 0 aliphatic carbocycles. The number of nitrogens with zero attached hydrogens (tertiary/aromatic N) is 4. The lowest BCUT2D eigenvalue weighted by Crippen LogP contribution is -2.54. The number of nitrogens with one attached hydrogen (secondary N) is 1. The minimum absolute atomic E-state index is 0.102. The van der Waals surface area contributed by atoms with E-state index in [1.54, 1.807) is 38.1 Å². The third-order valence-corrected chi connectivity index (χ3v) is 11.4. The van der Waals surface area contributed by atoms with Gasteiger partial charge in [0.2, 0.25) is 15.9 Å². The highest BCUT2D eigenvalue weighted by Crippen LogP contribution is 2.44. The number of aromatic nitrogens is 3. The van der Waals surface area contributed by atoms with Gasteiger partial charge in [0, 0.05) is 19.0 Å². The molecule has 256 valence electrons. The van der Waals surface area contributed by atoms with Gasteiger partial charge in [0.1, 0.15) is 27.8 Å². The molecule has 3 aromatic carbocycles. The molecule has 2 N–H and O–H groups in total. The van der Waals surface area contributed by atoms with E-state index in [4.69, 9.17) is 4.74 Å². The van der Waals surface area contributed by atoms with E-state index in [9.17, 15) is 23.1 Å². The number of aliphatic carboxylic acids is 1. The first kappa shape index (κ1) is 35.0. The number of sulfonamides is 1. The van der Waals surface area contributed by atoms with Crippen LogP contribution in [0.5, 0.6) is 5.75 Å². The summed E-state index contributed by atoms with van der Waals surface area (Å²) in [6, 6.07) is 16.5. The monoisotopic (exact) mass is 675 g/mol. The topological polar surface area (TPSA) is 144 Å². The fraction of sp³-hybridized carbons (Fsp3) is 0.444. The molecule has 11 nitrogen and oxygen atoms in total. The van der Waals surface area contributed by atoms with E-state index in [0.29, 0.717) is 24.2 Å². The lowest BCUT2D eigenvalue weighted by Gasteiger charge is -2.37. The molecule has 1 aliphatic rings. The van der Waals surface area contributed by atoms with E-state index in [-0.39, 0.29) is 24.1 Å². The molecular formula is C36H45N5O6S. The van der Waals surface area contributed by atoms with Crippen molar-refractivity contribution >= 4 is 32.9 Å². The lowest BCUT2D eigenvalue weighted by atomic mass is 9.69. The van der Waals surface area contributed by atoms with Gasteiger partial charge in [-0.15, -0.1) is 5.10 Å². The van der Waals surface area contributed by atoms with Crippen LogP contribution in [0.15, 0.2) is 59.5 Å². The summed E-state index contributed by atoms with van der Waals surface area (Å²) in [6.07, 6.45) is 0.299. The predicted molar refractivity (Wildman–Crippen MR) is 183 cm³/mol. The lowest BCUT2D eigenvalue weighted by molar-refractivity contribution is -0.147. The van der Waals surface area contributed by atoms with Crippen LogP contribution >= 0.6 is 0 Å². The Bertz CT molecular complexity index is 1980. The predicted octanol–water partition coefficient (Wildman–Crippen LogP) is 5.57. The highest BCUT2D eigenvalue weighted by atomic mass is 32.2. The SMILES string of the molecule is CC[C@@H]1CN(Cc2cc(C(c3ccc4c(nnn4CC)c3C)C(C)(C)C(=O)NC(C)(C)C(=O)O)ccc2C)S(=O)(=O)c2ccccc2O1. The summed E-state index contributed by atoms with van der Waals surface area (Å²) in [6.45, 7) is 15.3. The van der Waals surface area contributed by atoms with Gasteiger partial charge in [0.05, 0.1) is 17.5 Å². The molecule has 12 heteroatoms. The number of ether oxygens (including phenoxy) is 1. The number of benzene rings is 3. The summed E-state index contributed by atoms with van der Waals surface area (Å²) in [5, 5.41) is 21.3. The Hall–Kier alpha value is -4.29. The van der Waals surface area contributed by atoms with Gasteiger partial charge >= 0.3 is 5.97 Å². The average molecular weight is 676 g/mol. The maximum Gasteiger partial charge on any atom is 0.328 e. The Balaban J connectivity index is 1.64. The van der Waals surface area contributed by atoms with Gasteiger partial charge in [-0.25, -0.2) is 17.9 Å². The van der Waals surface area contributed by atoms with E-state index in [1.807, 2.05) is 62.7 Å². The van der Waals surface area contributed by atoms with Crippen molar-refractivity contribution in [2.45, 2.75) is 97.4 Å². The van der Waals surface area contributed by atoms with E-state index in [2.05, 4.69) is 15.6 Å². The zero-order chi connectivity index (χ0) is 35.2. The Morgan fingerprint density at radius 2 is 1.77 bits per heavy atom. The summed E-state index contributed by atoms with van der Waals surface area (Å²) in [4.78, 5) is 26.2. The summed E-state index contributed by atoms with van der Waals surface area (Å²) in [7, 11) is -3.89. The third-order valence-electron chi connectivity index (χ3n) is 9.54. The van der Waals surface area contributed by atoms with Crippen molar-refractivity contribution in [1.82, 2.24) is 24.6 Å². The van der Waals surface area contributed by atoms with Crippen LogP contribution in [-0.4, -0.2) is 62.9 Å². The maximum absolute atomic E-state index is 14.1. The second-order valence-corrected chi connectivity index (χ2v) is 15.6. The zero-order valence-electron chi connectivity index (χ0n) is 28.9. The molecule has 4 aromatic rings. The molecule has 1 unspecified atom stereocenters. The van der Waals surface area contributed by atoms with Crippen LogP contribution < -0.4 is 10.1 Å². The average Bonchev–Trinajstić information content (AvgIpc) is 3.42. The van der Waals surface area contributed by atoms with Crippen LogP contribution in [0.1, 0.15) is 81.7 Å². The van der Waals surface area contributed by atoms with Crippen molar-refractivity contribution in [2.24, 2.45) is 5.41 Å². The van der Waals surface area contributed by atoms with Gasteiger partial charge < -0.3 is 15.2 Å². The molecule has 1 amide bonds. The summed E-state index contributed by atoms with van der Waals surface area (Å²) >= 11 is 0. The normalized spacial score (nSPS) is 17.3. The molecule has 0 bridgehead atoms. The van der Waals surface area contributed by atoms with Gasteiger partial charge in [-0.3, -0.25) is 4.79 Å². The molecule has 0 saturated carbocycles. The highest BCUT2D eigenvalue weighted by molar-refractivity contribution is 7.89. The number of amides is 1. The van der Waals surface area contributed by atoms with Crippen molar-refractivity contribution in [1.29, 1.82) is 0 Å². The van der Waals surface area contributed by atoms with E-state index >= 15 is 0 Å². The zero-order valence-corrected chi connectivity index (χ0v) is 29.7. The summed E-state index contributed by atoms with van der Waals surface area (Å²) in [5.41, 5.74) is 3.08. The molecule has 1 aromatic heterocycles. The van der Waals surface area contributed by atoms with Crippen molar-refractivity contribution in [3.63, 3.8) is 0 Å². The first-order valence-corrected chi connectivity index (χ1v) is 17.7. The number of hydrogen-bond donors (Lipinski definition) is 2. The molecule has 0 radical (unpaired) electrons. The van der Waals surface area contributed by atoms with Crippen LogP contribution in [-0.2, 0) is 32.7 Å². The molecule has 0 fully saturated rings. The second-order valence-electron chi connectivity index (χ2n) is 13.7. The highest BCUT2D eigenvalue weighted by Gasteiger charge is 2.43. The third kappa shape index (κ3) is 6.30. The number of carbonyl (C=O) groups is 2. The van der Waals surface area contributed by atoms with E-state index in [1.165, 1.54) is 18.2 Å². The second kappa shape index (κ2) is 13.0. The number of hydrogen-bond acceptors (Lipinski definition) is 7. The molecule has 0 spiro atoms. The first-order valence-electron chi connectivity index (χ1n) is 16.3. The Morgan fingerprint density at radius 3 is 2.44 bits per heavy atom. The fourth-order valence-corrected chi connectivity index (χ4v) is 7.95. The van der Waals surface area contributed by atoms with Crippen LogP contribution in [0.25, 0.3) is 11.0 Å². The molecule has 2 atom stereocenters. The van der Waals surface area contributed by atoms with Gasteiger partial charge in [0.25, 0.3) is 0 Å². The van der Waals surface area contributed by atoms with Crippen LogP contribution in [0.2, 0.25) is 0 Å². The molecular weight excluding hydrogens is 630 g/mol. The molecule has 5 rings (SSSR count). The van der Waals surface area contributed by atoms with Gasteiger partial charge in [-0.05, 0) is 87.1 Å². The molecule has 1 aliphatic heterocycles. The summed E-state index contributed by atoms with van der Waals surface area (Å²) < 4.78 is 37.4. The van der Waals surface area contributed by atoms with Gasteiger partial charge in [-0.1, -0.05) is 62.4 Å². The quantitative estimate of drug-likeness (QED) is 0.222. The number of para-hydroxylation sites is 1. The van der Waals surface area contributed by atoms with Crippen molar-refractivity contribution in [3.05, 3.63) is 82.4 Å². The number of rotatable bonds is 10. The summed E-state index contributed by atoms with van der Waals surface area (Å²) in [5.74, 6) is -1.80. The molecule has 0 saturated heterocycles. The number of carbonyl (C=O) groups excluding carboxylic acids is 1. The van der Waals surface area contributed by atoms with Crippen LogP contribution in [0.3, 0.4) is 0 Å². The number of fused-ring (bicyclic) bond motifs is 2. The minimum Gasteiger partial charge on any atom is -0.488 e. The largest absolute Gasteiger partial charge is 0.488 e. The van der Waals surface area contributed by atoms with Gasteiger partial charge in [-0.2, -0.15) is 4.31 Å². The number of carboxylic acid groups (broad SMARTS) is 1. The van der Waals surface area contributed by atoms with E-state index < -0.39 is 38.8 Å². The van der Waals surface area contributed by atoms with Gasteiger partial charge in [0.15, 0.2) is 0 Å².